The maximum atomic E-state index is 13.1. The second-order valence-electron chi connectivity index (χ2n) is 8.65. The highest BCUT2D eigenvalue weighted by Gasteiger charge is 2.46. The van der Waals surface area contributed by atoms with Crippen molar-refractivity contribution < 1.29 is 22.6 Å². The number of aromatic nitrogens is 2. The Balaban J connectivity index is 1.63. The molecule has 1 aromatic rings. The Hall–Kier alpha value is -2.59. The second-order valence-corrected chi connectivity index (χ2v) is 10.5. The molecule has 0 bridgehead atoms. The number of sulfonamides is 1. The lowest BCUT2D eigenvalue weighted by atomic mass is 9.99. The third-order valence-corrected chi connectivity index (χ3v) is 7.46. The van der Waals surface area contributed by atoms with E-state index in [0.717, 1.165) is 23.3 Å². The number of hydrogen-bond acceptors (Lipinski definition) is 5. The molecule has 1 saturated carbocycles. The Morgan fingerprint density at radius 3 is 2.63 bits per heavy atom. The second kappa shape index (κ2) is 6.98. The first-order valence-corrected chi connectivity index (χ1v) is 11.5. The summed E-state index contributed by atoms with van der Waals surface area (Å²) in [5.74, 6) is -0.507. The molecule has 10 heteroatoms. The maximum Gasteiger partial charge on any atom is 0.501 e. The van der Waals surface area contributed by atoms with E-state index in [1.165, 1.54) is 16.7 Å². The highest BCUT2D eigenvalue weighted by atomic mass is 32.2. The topological polar surface area (TPSA) is 104 Å². The van der Waals surface area contributed by atoms with Crippen molar-refractivity contribution in [2.24, 2.45) is 0 Å². The molecule has 0 radical (unpaired) electrons. The van der Waals surface area contributed by atoms with E-state index in [1.54, 1.807) is 30.2 Å². The minimum Gasteiger partial charge on any atom is -0.270 e. The number of amides is 3. The number of carbonyl (C=O) groups is 2. The Morgan fingerprint density at radius 2 is 2.03 bits per heavy atom. The van der Waals surface area contributed by atoms with E-state index < -0.39 is 32.8 Å². The quantitative estimate of drug-likeness (QED) is 0.683. The van der Waals surface area contributed by atoms with Crippen molar-refractivity contribution in [2.45, 2.75) is 57.0 Å². The average Bonchev–Trinajstić information content (AvgIpc) is 3.21. The number of fused-ring (bicyclic) bond motifs is 1. The summed E-state index contributed by atoms with van der Waals surface area (Å²) in [5.41, 5.74) is 0.943. The van der Waals surface area contributed by atoms with Crippen molar-refractivity contribution in [1.29, 1.82) is 0 Å². The van der Waals surface area contributed by atoms with Gasteiger partial charge in [-0.25, -0.2) is 17.9 Å². The number of imide groups is 1. The first kappa shape index (κ1) is 20.7. The number of nitrogens with one attached hydrogen (secondary N) is 1. The van der Waals surface area contributed by atoms with E-state index in [0.29, 0.717) is 5.71 Å². The van der Waals surface area contributed by atoms with Gasteiger partial charge in [-0.15, -0.1) is 0 Å². The summed E-state index contributed by atoms with van der Waals surface area (Å²) < 4.78 is 31.4. The van der Waals surface area contributed by atoms with Crippen LogP contribution in [0.25, 0.3) is 0 Å². The van der Waals surface area contributed by atoms with E-state index in [9.17, 15) is 18.0 Å². The molecular weight excluding hydrogens is 406 g/mol. The number of allylic oxidation sites excluding steroid dienone is 1. The number of rotatable bonds is 6. The molecule has 1 N–H and O–H groups in total. The molecule has 0 aromatic carbocycles. The minimum atomic E-state index is -3.68. The summed E-state index contributed by atoms with van der Waals surface area (Å²) in [7, 11) is -2.11. The van der Waals surface area contributed by atoms with Crippen LogP contribution in [0.4, 0.5) is 4.79 Å². The third kappa shape index (κ3) is 3.65. The Labute approximate surface area is 175 Å². The van der Waals surface area contributed by atoms with Gasteiger partial charge in [0, 0.05) is 23.3 Å². The molecule has 30 heavy (non-hydrogen) atoms. The van der Waals surface area contributed by atoms with Gasteiger partial charge in [0.1, 0.15) is 23.1 Å². The van der Waals surface area contributed by atoms with E-state index in [1.807, 2.05) is 20.8 Å². The molecule has 2 heterocycles. The van der Waals surface area contributed by atoms with Crippen LogP contribution in [0.3, 0.4) is 0 Å². The van der Waals surface area contributed by atoms with Gasteiger partial charge in [0.25, 0.3) is 0 Å². The number of urea groups is 1. The molecule has 3 aliphatic rings. The van der Waals surface area contributed by atoms with Gasteiger partial charge < -0.3 is 0 Å². The molecule has 4 rings (SSSR count). The molecule has 1 fully saturated rings. The third-order valence-electron chi connectivity index (χ3n) is 5.68. The van der Waals surface area contributed by atoms with Crippen LogP contribution in [0.2, 0.25) is 0 Å². The van der Waals surface area contributed by atoms with Crippen LogP contribution in [0.5, 0.6) is 0 Å². The summed E-state index contributed by atoms with van der Waals surface area (Å²) in [4.78, 5) is 27.1. The molecule has 3 amide bonds. The predicted molar refractivity (Wildman–Crippen MR) is 110 cm³/mol. The zero-order valence-electron chi connectivity index (χ0n) is 17.5. The lowest BCUT2D eigenvalue weighted by Gasteiger charge is -2.25. The molecule has 1 aromatic heterocycles. The lowest BCUT2D eigenvalue weighted by molar-refractivity contribution is -0.402. The lowest BCUT2D eigenvalue weighted by Crippen LogP contribution is -2.50. The minimum absolute atomic E-state index is 0.0663. The average molecular weight is 433 g/mol. The van der Waals surface area contributed by atoms with E-state index in [-0.39, 0.29) is 18.2 Å². The molecule has 9 nitrogen and oxygen atoms in total. The van der Waals surface area contributed by atoms with Crippen LogP contribution in [0.15, 0.2) is 36.2 Å². The number of hydrogen-bond donors (Lipinski definition) is 1. The molecule has 0 saturated heterocycles. The summed E-state index contributed by atoms with van der Waals surface area (Å²) in [5, 5.41) is 3.28. The van der Waals surface area contributed by atoms with Crippen molar-refractivity contribution >= 4 is 27.7 Å². The SMILES string of the molecule is CC(C)n1cc(CN2C(=O)C3=CC(S(=O)(=O)NC4(C)CC4)C=CC3=[N+](C)C2=O)cn1. The zero-order valence-corrected chi connectivity index (χ0v) is 18.3. The van der Waals surface area contributed by atoms with E-state index >= 15 is 0 Å². The Morgan fingerprint density at radius 1 is 1.33 bits per heavy atom. The standard InChI is InChI=1S/C20H26N5O4S/c1-13(2)25-12-14(10-21-25)11-24-18(26)16-9-15(5-6-17(16)23(4)19(24)27)30(28,29)22-20(3)7-8-20/h5-6,9-10,12-13,15,22H,7-8,11H2,1-4H3/q+1. The van der Waals surface area contributed by atoms with Crippen molar-refractivity contribution in [2.75, 3.05) is 7.05 Å². The van der Waals surface area contributed by atoms with Gasteiger partial charge in [-0.1, -0.05) is 6.08 Å². The Kier molecular flexibility index (Phi) is 4.81. The van der Waals surface area contributed by atoms with Gasteiger partial charge >= 0.3 is 11.9 Å². The summed E-state index contributed by atoms with van der Waals surface area (Å²) >= 11 is 0. The molecule has 160 valence electrons. The highest BCUT2D eigenvalue weighted by Crippen LogP contribution is 2.36. The summed E-state index contributed by atoms with van der Waals surface area (Å²) in [6, 6.07) is -0.300. The monoisotopic (exact) mass is 432 g/mol. The maximum absolute atomic E-state index is 13.1. The first-order valence-electron chi connectivity index (χ1n) is 9.93. The molecule has 0 spiro atoms. The molecule has 1 atom stereocenters. The van der Waals surface area contributed by atoms with Crippen molar-refractivity contribution in [1.82, 2.24) is 19.4 Å². The number of carbonyl (C=O) groups excluding carboxylic acids is 2. The fourth-order valence-electron chi connectivity index (χ4n) is 3.53. The molecular formula is C20H26N5O4S+. The van der Waals surface area contributed by atoms with Crippen molar-refractivity contribution in [3.05, 3.63) is 41.8 Å². The van der Waals surface area contributed by atoms with Crippen molar-refractivity contribution in [3.63, 3.8) is 0 Å². The Bertz CT molecular complexity index is 1120. The number of nitrogens with zero attached hydrogens (tertiary/aromatic N) is 4. The van der Waals surface area contributed by atoms with Crippen LogP contribution >= 0.6 is 0 Å². The van der Waals surface area contributed by atoms with Crippen LogP contribution in [0, 0.1) is 0 Å². The fourth-order valence-corrected chi connectivity index (χ4v) is 5.16. The van der Waals surface area contributed by atoms with Gasteiger partial charge in [-0.05, 0) is 45.8 Å². The van der Waals surface area contributed by atoms with Crippen molar-refractivity contribution in [3.8, 4) is 0 Å². The fraction of sp³-hybridized carbons (Fsp3) is 0.500. The zero-order chi connectivity index (χ0) is 21.8. The van der Waals surface area contributed by atoms with E-state index in [2.05, 4.69) is 9.82 Å². The molecule has 2 aliphatic carbocycles. The van der Waals surface area contributed by atoms with Gasteiger partial charge in [0.15, 0.2) is 0 Å². The summed E-state index contributed by atoms with van der Waals surface area (Å²) in [6.45, 7) is 5.90. The smallest absolute Gasteiger partial charge is 0.270 e. The molecule has 1 aliphatic heterocycles. The normalized spacial score (nSPS) is 23.2. The van der Waals surface area contributed by atoms with Gasteiger partial charge in [0.05, 0.1) is 13.2 Å². The highest BCUT2D eigenvalue weighted by molar-refractivity contribution is 7.90. The molecule has 1 unspecified atom stereocenters. The first-order chi connectivity index (χ1) is 14.0. The van der Waals surface area contributed by atoms with Crippen LogP contribution < -0.4 is 4.72 Å². The van der Waals surface area contributed by atoms with Crippen LogP contribution in [0.1, 0.15) is 45.2 Å². The summed E-state index contributed by atoms with van der Waals surface area (Å²) in [6.07, 6.45) is 9.49. The van der Waals surface area contributed by atoms with E-state index in [4.69, 9.17) is 0 Å². The largest absolute Gasteiger partial charge is 0.501 e. The van der Waals surface area contributed by atoms with Crippen LogP contribution in [-0.4, -0.2) is 63.2 Å². The predicted octanol–water partition coefficient (Wildman–Crippen LogP) is 1.35. The van der Waals surface area contributed by atoms with Gasteiger partial charge in [0.2, 0.25) is 10.0 Å². The van der Waals surface area contributed by atoms with Gasteiger partial charge in [-0.2, -0.15) is 19.4 Å². The van der Waals surface area contributed by atoms with Crippen LogP contribution in [-0.2, 0) is 21.4 Å². The van der Waals surface area contributed by atoms with Gasteiger partial charge in [-0.3, -0.25) is 4.68 Å².